The Morgan fingerprint density at radius 2 is 1.91 bits per heavy atom. The number of para-hydroxylation sites is 1. The molecule has 2 N–H and O–H groups in total. The summed E-state index contributed by atoms with van der Waals surface area (Å²) in [6.07, 6.45) is 0.548. The molecule has 170 valence electrons. The number of amides is 2. The first-order valence-corrected chi connectivity index (χ1v) is 11.2. The van der Waals surface area contributed by atoms with Gasteiger partial charge in [0, 0.05) is 6.04 Å². The first kappa shape index (κ1) is 22.4. The van der Waals surface area contributed by atoms with Crippen molar-refractivity contribution < 1.29 is 18.7 Å². The van der Waals surface area contributed by atoms with Crippen molar-refractivity contribution >= 4 is 34.2 Å². The summed E-state index contributed by atoms with van der Waals surface area (Å²) in [5.41, 5.74) is 6.27. The lowest BCUT2D eigenvalue weighted by Crippen LogP contribution is -2.47. The van der Waals surface area contributed by atoms with Crippen molar-refractivity contribution in [3.05, 3.63) is 65.4 Å². The summed E-state index contributed by atoms with van der Waals surface area (Å²) in [6.45, 7) is 5.41. The van der Waals surface area contributed by atoms with Gasteiger partial charge in [0.05, 0.1) is 27.7 Å². The zero-order valence-electron chi connectivity index (χ0n) is 18.2. The minimum Gasteiger partial charge on any atom is -0.478 e. The number of nitrogens with zero attached hydrogens (tertiary/aromatic N) is 3. The van der Waals surface area contributed by atoms with Gasteiger partial charge in [0.15, 0.2) is 23.3 Å². The lowest BCUT2D eigenvalue weighted by molar-refractivity contribution is -0.128. The molecule has 0 saturated heterocycles. The molecule has 1 unspecified atom stereocenters. The molecule has 0 fully saturated rings. The van der Waals surface area contributed by atoms with E-state index in [-0.39, 0.29) is 11.8 Å². The maximum Gasteiger partial charge on any atom is 0.279 e. The molecule has 0 aliphatic heterocycles. The van der Waals surface area contributed by atoms with Crippen LogP contribution in [0.2, 0.25) is 0 Å². The standard InChI is InChI=1S/C23H22FN5O3S/c1-13(2)29-21-16(12-25-29)15(11-18(26-21)20-9-6-10-33-20)23(31)28-27-22(30)14(3)32-19-8-5-4-7-17(19)24/h4-14H,1-3H3,(H,27,30)(H,28,31). The van der Waals surface area contributed by atoms with E-state index < -0.39 is 23.7 Å². The molecular weight excluding hydrogens is 445 g/mol. The molecule has 2 amide bonds. The van der Waals surface area contributed by atoms with Crippen molar-refractivity contribution in [3.8, 4) is 16.3 Å². The zero-order chi connectivity index (χ0) is 23.5. The Morgan fingerprint density at radius 1 is 1.12 bits per heavy atom. The van der Waals surface area contributed by atoms with Crippen LogP contribution < -0.4 is 15.6 Å². The highest BCUT2D eigenvalue weighted by atomic mass is 32.1. The van der Waals surface area contributed by atoms with Crippen molar-refractivity contribution in [3.63, 3.8) is 0 Å². The minimum absolute atomic E-state index is 0.0422. The normalized spacial score (nSPS) is 12.0. The number of benzene rings is 1. The van der Waals surface area contributed by atoms with Crippen LogP contribution >= 0.6 is 11.3 Å². The fourth-order valence-corrected chi connectivity index (χ4v) is 3.89. The lowest BCUT2D eigenvalue weighted by Gasteiger charge is -2.16. The molecule has 0 radical (unpaired) electrons. The summed E-state index contributed by atoms with van der Waals surface area (Å²) < 4.78 is 20.9. The van der Waals surface area contributed by atoms with Crippen molar-refractivity contribution in [1.82, 2.24) is 25.6 Å². The van der Waals surface area contributed by atoms with E-state index in [2.05, 4.69) is 16.0 Å². The van der Waals surface area contributed by atoms with E-state index in [4.69, 9.17) is 9.72 Å². The van der Waals surface area contributed by atoms with E-state index in [1.165, 1.54) is 36.5 Å². The lowest BCUT2D eigenvalue weighted by atomic mass is 10.1. The topological polar surface area (TPSA) is 98.1 Å². The van der Waals surface area contributed by atoms with Crippen LogP contribution in [0.15, 0.2) is 54.0 Å². The van der Waals surface area contributed by atoms with E-state index in [9.17, 15) is 14.0 Å². The third kappa shape index (κ3) is 4.70. The highest BCUT2D eigenvalue weighted by Gasteiger charge is 2.21. The number of hydrogen-bond acceptors (Lipinski definition) is 6. The molecule has 0 saturated carbocycles. The van der Waals surface area contributed by atoms with Crippen molar-refractivity contribution in [2.24, 2.45) is 0 Å². The molecular formula is C23H22FN5O3S. The highest BCUT2D eigenvalue weighted by Crippen LogP contribution is 2.28. The minimum atomic E-state index is -1.04. The number of pyridine rings is 1. The zero-order valence-corrected chi connectivity index (χ0v) is 19.0. The van der Waals surface area contributed by atoms with Gasteiger partial charge in [-0.05, 0) is 50.4 Å². The second-order valence-corrected chi connectivity index (χ2v) is 8.53. The third-order valence-electron chi connectivity index (χ3n) is 4.88. The second kappa shape index (κ2) is 9.37. The predicted octanol–water partition coefficient (Wildman–Crippen LogP) is 4.11. The van der Waals surface area contributed by atoms with Crippen LogP contribution in [0.25, 0.3) is 21.6 Å². The van der Waals surface area contributed by atoms with Gasteiger partial charge >= 0.3 is 0 Å². The number of carbonyl (C=O) groups is 2. The number of hydrazine groups is 1. The van der Waals surface area contributed by atoms with Gasteiger partial charge in [-0.2, -0.15) is 5.10 Å². The van der Waals surface area contributed by atoms with Crippen LogP contribution in [-0.2, 0) is 4.79 Å². The number of halogens is 1. The quantitative estimate of drug-likeness (QED) is 0.416. The molecule has 0 spiro atoms. The van der Waals surface area contributed by atoms with Gasteiger partial charge in [-0.3, -0.25) is 20.4 Å². The van der Waals surface area contributed by atoms with Crippen LogP contribution in [0.5, 0.6) is 5.75 Å². The summed E-state index contributed by atoms with van der Waals surface area (Å²) >= 11 is 1.51. The number of fused-ring (bicyclic) bond motifs is 1. The van der Waals surface area contributed by atoms with E-state index >= 15 is 0 Å². The molecule has 4 rings (SSSR count). The first-order chi connectivity index (χ1) is 15.8. The monoisotopic (exact) mass is 467 g/mol. The van der Waals surface area contributed by atoms with E-state index in [1.54, 1.807) is 23.0 Å². The maximum absolute atomic E-state index is 13.8. The number of thiophene rings is 1. The molecule has 3 aromatic heterocycles. The van der Waals surface area contributed by atoms with Crippen LogP contribution in [-0.4, -0.2) is 32.7 Å². The molecule has 1 aromatic carbocycles. The SMILES string of the molecule is CC(Oc1ccccc1F)C(=O)NNC(=O)c1cc(-c2cccs2)nc2c1cnn2C(C)C. The second-order valence-electron chi connectivity index (χ2n) is 7.59. The molecule has 3 heterocycles. The first-order valence-electron chi connectivity index (χ1n) is 10.3. The molecule has 0 bridgehead atoms. The summed E-state index contributed by atoms with van der Waals surface area (Å²) in [6, 6.07) is 11.3. The molecule has 8 nitrogen and oxygen atoms in total. The van der Waals surface area contributed by atoms with Crippen LogP contribution in [0.3, 0.4) is 0 Å². The fraction of sp³-hybridized carbons (Fsp3) is 0.217. The van der Waals surface area contributed by atoms with Crippen LogP contribution in [0, 0.1) is 5.82 Å². The van der Waals surface area contributed by atoms with Crippen molar-refractivity contribution in [2.45, 2.75) is 32.9 Å². The van der Waals surface area contributed by atoms with Crippen LogP contribution in [0.4, 0.5) is 4.39 Å². The Hall–Kier alpha value is -3.79. The van der Waals surface area contributed by atoms with Gasteiger partial charge in [-0.1, -0.05) is 18.2 Å². The number of hydrogen-bond donors (Lipinski definition) is 2. The molecule has 0 aliphatic rings. The number of nitrogens with one attached hydrogen (secondary N) is 2. The Balaban J connectivity index is 1.55. The molecule has 4 aromatic rings. The smallest absolute Gasteiger partial charge is 0.279 e. The van der Waals surface area contributed by atoms with Gasteiger partial charge in [0.2, 0.25) is 0 Å². The molecule has 1 atom stereocenters. The number of ether oxygens (including phenoxy) is 1. The molecule has 10 heteroatoms. The van der Waals surface area contributed by atoms with E-state index in [0.29, 0.717) is 22.3 Å². The van der Waals surface area contributed by atoms with Gasteiger partial charge < -0.3 is 4.74 Å². The van der Waals surface area contributed by atoms with Crippen molar-refractivity contribution in [1.29, 1.82) is 0 Å². The summed E-state index contributed by atoms with van der Waals surface area (Å²) in [7, 11) is 0. The molecule has 0 aliphatic carbocycles. The van der Waals surface area contributed by atoms with Crippen LogP contribution in [0.1, 0.15) is 37.2 Å². The van der Waals surface area contributed by atoms with E-state index in [0.717, 1.165) is 4.88 Å². The number of aromatic nitrogens is 3. The fourth-order valence-electron chi connectivity index (χ4n) is 3.21. The maximum atomic E-state index is 13.8. The Morgan fingerprint density at radius 3 is 2.61 bits per heavy atom. The van der Waals surface area contributed by atoms with Gasteiger partial charge in [-0.25, -0.2) is 14.1 Å². The average Bonchev–Trinajstić information content (AvgIpc) is 3.48. The Labute approximate surface area is 193 Å². The molecule has 33 heavy (non-hydrogen) atoms. The number of rotatable bonds is 6. The van der Waals surface area contributed by atoms with Gasteiger partial charge in [0.25, 0.3) is 11.8 Å². The predicted molar refractivity (Wildman–Crippen MR) is 123 cm³/mol. The Bertz CT molecular complexity index is 1300. The Kier molecular flexibility index (Phi) is 6.36. The number of carbonyl (C=O) groups excluding carboxylic acids is 2. The summed E-state index contributed by atoms with van der Waals surface area (Å²) in [5, 5.41) is 6.86. The highest BCUT2D eigenvalue weighted by molar-refractivity contribution is 7.13. The summed E-state index contributed by atoms with van der Waals surface area (Å²) in [4.78, 5) is 31.0. The summed E-state index contributed by atoms with van der Waals surface area (Å²) in [5.74, 6) is -1.80. The van der Waals surface area contributed by atoms with Gasteiger partial charge in [-0.15, -0.1) is 11.3 Å². The van der Waals surface area contributed by atoms with Crippen molar-refractivity contribution in [2.75, 3.05) is 0 Å². The largest absolute Gasteiger partial charge is 0.478 e. The van der Waals surface area contributed by atoms with E-state index in [1.807, 2.05) is 31.4 Å². The van der Waals surface area contributed by atoms with Gasteiger partial charge in [0.1, 0.15) is 0 Å². The average molecular weight is 468 g/mol. The third-order valence-corrected chi connectivity index (χ3v) is 5.78.